The number of hydrogen-bond acceptors (Lipinski definition) is 5. The number of nitrogens with one attached hydrogen (secondary N) is 1. The topological polar surface area (TPSA) is 136 Å². The van der Waals surface area contributed by atoms with E-state index in [1.165, 1.54) is 25.3 Å². The first kappa shape index (κ1) is 18.2. The van der Waals surface area contributed by atoms with E-state index in [0.717, 1.165) is 0 Å². The summed E-state index contributed by atoms with van der Waals surface area (Å²) in [6, 6.07) is 3.91. The van der Waals surface area contributed by atoms with E-state index in [-0.39, 0.29) is 22.9 Å². The minimum atomic E-state index is -3.92. The Morgan fingerprint density at radius 2 is 1.96 bits per heavy atom. The fraction of sp³-hybridized carbons (Fsp3) is 0.467. The Balaban J connectivity index is 2.20. The molecule has 2 atom stereocenters. The van der Waals surface area contributed by atoms with Crippen molar-refractivity contribution in [1.82, 2.24) is 0 Å². The van der Waals surface area contributed by atoms with Crippen molar-refractivity contribution in [1.29, 1.82) is 0 Å². The second kappa shape index (κ2) is 7.18. The maximum absolute atomic E-state index is 12.4. The summed E-state index contributed by atoms with van der Waals surface area (Å²) in [6.07, 6.45) is 2.07. The van der Waals surface area contributed by atoms with Gasteiger partial charge >= 0.3 is 5.97 Å². The second-order valence-electron chi connectivity index (χ2n) is 5.80. The quantitative estimate of drug-likeness (QED) is 0.724. The van der Waals surface area contributed by atoms with E-state index in [1.807, 2.05) is 0 Å². The predicted octanol–water partition coefficient (Wildman–Crippen LogP) is 1.17. The van der Waals surface area contributed by atoms with Gasteiger partial charge in [0, 0.05) is 5.92 Å². The highest BCUT2D eigenvalue weighted by atomic mass is 32.2. The van der Waals surface area contributed by atoms with Crippen LogP contribution in [-0.4, -0.2) is 32.5 Å². The van der Waals surface area contributed by atoms with Crippen molar-refractivity contribution in [2.24, 2.45) is 17.0 Å². The van der Waals surface area contributed by atoms with Crippen LogP contribution in [0, 0.1) is 11.8 Å². The van der Waals surface area contributed by atoms with Crippen LogP contribution in [0.25, 0.3) is 0 Å². The normalized spacial score (nSPS) is 21.1. The number of aliphatic carboxylic acids is 1. The number of carbonyl (C=O) groups excluding carboxylic acids is 1. The maximum atomic E-state index is 12.4. The van der Waals surface area contributed by atoms with E-state index >= 15 is 0 Å². The number of amides is 1. The Kier molecular flexibility index (Phi) is 5.45. The molecule has 2 unspecified atom stereocenters. The summed E-state index contributed by atoms with van der Waals surface area (Å²) in [5, 5.41) is 16.8. The average molecular weight is 356 g/mol. The fourth-order valence-electron chi connectivity index (χ4n) is 2.85. The first-order chi connectivity index (χ1) is 11.2. The molecule has 8 nitrogen and oxygen atoms in total. The molecule has 1 aromatic rings. The Morgan fingerprint density at radius 1 is 1.29 bits per heavy atom. The van der Waals surface area contributed by atoms with Crippen LogP contribution >= 0.6 is 0 Å². The van der Waals surface area contributed by atoms with Crippen molar-refractivity contribution in [3.05, 3.63) is 18.2 Å². The Morgan fingerprint density at radius 3 is 2.54 bits per heavy atom. The van der Waals surface area contributed by atoms with Crippen molar-refractivity contribution in [3.63, 3.8) is 0 Å². The van der Waals surface area contributed by atoms with Crippen LogP contribution in [0.4, 0.5) is 5.69 Å². The third-order valence-corrected chi connectivity index (χ3v) is 5.06. The lowest BCUT2D eigenvalue weighted by Gasteiger charge is -2.26. The lowest BCUT2D eigenvalue weighted by Crippen LogP contribution is -2.31. The van der Waals surface area contributed by atoms with Gasteiger partial charge in [0.1, 0.15) is 5.75 Å². The highest BCUT2D eigenvalue weighted by Gasteiger charge is 2.31. The number of sulfonamides is 1. The van der Waals surface area contributed by atoms with Crippen LogP contribution < -0.4 is 15.2 Å². The van der Waals surface area contributed by atoms with E-state index < -0.39 is 27.8 Å². The average Bonchev–Trinajstić information content (AvgIpc) is 2.54. The van der Waals surface area contributed by atoms with Crippen LogP contribution in [0.5, 0.6) is 5.75 Å². The van der Waals surface area contributed by atoms with Gasteiger partial charge in [-0.1, -0.05) is 6.42 Å². The summed E-state index contributed by atoms with van der Waals surface area (Å²) in [6.45, 7) is 0. The Labute approximate surface area is 140 Å². The number of hydrogen-bond donors (Lipinski definition) is 3. The number of primary sulfonamides is 1. The first-order valence-corrected chi connectivity index (χ1v) is 9.01. The number of carboxylic acids is 1. The number of anilines is 1. The summed E-state index contributed by atoms with van der Waals surface area (Å²) in [5.41, 5.74) is 0.187. The van der Waals surface area contributed by atoms with Gasteiger partial charge in [0.25, 0.3) is 0 Å². The molecule has 1 aliphatic carbocycles. The van der Waals surface area contributed by atoms with Gasteiger partial charge in [0.15, 0.2) is 0 Å². The Bertz CT molecular complexity index is 746. The lowest BCUT2D eigenvalue weighted by molar-refractivity contribution is -0.143. The molecule has 2 rings (SSSR count). The minimum absolute atomic E-state index is 0.148. The molecule has 0 aliphatic heterocycles. The SMILES string of the molecule is COc1ccc(S(N)(=O)=O)cc1NC(=O)C1CCCC(C(=O)O)C1. The van der Waals surface area contributed by atoms with Crippen molar-refractivity contribution >= 4 is 27.6 Å². The van der Waals surface area contributed by atoms with E-state index in [2.05, 4.69) is 5.32 Å². The zero-order chi connectivity index (χ0) is 17.9. The van der Waals surface area contributed by atoms with Crippen LogP contribution in [-0.2, 0) is 19.6 Å². The molecule has 0 spiro atoms. The molecule has 0 heterocycles. The van der Waals surface area contributed by atoms with Crippen molar-refractivity contribution in [3.8, 4) is 5.75 Å². The molecule has 9 heteroatoms. The molecule has 0 aromatic heterocycles. The van der Waals surface area contributed by atoms with E-state index in [9.17, 15) is 18.0 Å². The van der Waals surface area contributed by atoms with Gasteiger partial charge in [-0.3, -0.25) is 9.59 Å². The standard InChI is InChI=1S/C15H20N2O6S/c1-23-13-6-5-11(24(16,21)22)8-12(13)17-14(18)9-3-2-4-10(7-9)15(19)20/h5-6,8-10H,2-4,7H2,1H3,(H,17,18)(H,19,20)(H2,16,21,22). The van der Waals surface area contributed by atoms with Crippen molar-refractivity contribution in [2.75, 3.05) is 12.4 Å². The van der Waals surface area contributed by atoms with Crippen molar-refractivity contribution < 1.29 is 27.9 Å². The van der Waals surface area contributed by atoms with Gasteiger partial charge in [0.05, 0.1) is 23.6 Å². The molecule has 1 aromatic carbocycles. The van der Waals surface area contributed by atoms with E-state index in [1.54, 1.807) is 0 Å². The number of nitrogens with two attached hydrogens (primary N) is 1. The van der Waals surface area contributed by atoms with Gasteiger partial charge in [-0.25, -0.2) is 13.6 Å². The van der Waals surface area contributed by atoms with Gasteiger partial charge in [-0.05, 0) is 37.5 Å². The first-order valence-electron chi connectivity index (χ1n) is 7.47. The van der Waals surface area contributed by atoms with Gasteiger partial charge in [-0.15, -0.1) is 0 Å². The summed E-state index contributed by atoms with van der Waals surface area (Å²) >= 11 is 0. The highest BCUT2D eigenvalue weighted by Crippen LogP contribution is 2.32. The summed E-state index contributed by atoms with van der Waals surface area (Å²) in [4.78, 5) is 23.4. The molecule has 4 N–H and O–H groups in total. The number of rotatable bonds is 5. The largest absolute Gasteiger partial charge is 0.495 e. The zero-order valence-corrected chi connectivity index (χ0v) is 14.0. The molecule has 132 valence electrons. The third-order valence-electron chi connectivity index (χ3n) is 4.15. The predicted molar refractivity (Wildman–Crippen MR) is 86.1 cm³/mol. The molecule has 1 saturated carbocycles. The summed E-state index contributed by atoms with van der Waals surface area (Å²) < 4.78 is 28.0. The molecule has 1 aliphatic rings. The summed E-state index contributed by atoms with van der Waals surface area (Å²) in [7, 11) is -2.52. The number of carbonyl (C=O) groups is 2. The number of benzene rings is 1. The van der Waals surface area contributed by atoms with Crippen LogP contribution in [0.3, 0.4) is 0 Å². The maximum Gasteiger partial charge on any atom is 0.306 e. The monoisotopic (exact) mass is 356 g/mol. The van der Waals surface area contributed by atoms with Crippen molar-refractivity contribution in [2.45, 2.75) is 30.6 Å². The Hall–Kier alpha value is -2.13. The molecular formula is C15H20N2O6S. The molecule has 1 fully saturated rings. The van der Waals surface area contributed by atoms with Crippen LogP contribution in [0.15, 0.2) is 23.1 Å². The number of methoxy groups -OCH3 is 1. The van der Waals surface area contributed by atoms with E-state index in [0.29, 0.717) is 25.0 Å². The number of carboxylic acid groups (broad SMARTS) is 1. The molecule has 0 radical (unpaired) electrons. The smallest absolute Gasteiger partial charge is 0.306 e. The van der Waals surface area contributed by atoms with Gasteiger partial charge < -0.3 is 15.2 Å². The van der Waals surface area contributed by atoms with Crippen LogP contribution in [0.2, 0.25) is 0 Å². The van der Waals surface area contributed by atoms with Gasteiger partial charge in [-0.2, -0.15) is 0 Å². The molecule has 0 bridgehead atoms. The molecule has 1 amide bonds. The van der Waals surface area contributed by atoms with Crippen LogP contribution in [0.1, 0.15) is 25.7 Å². The third kappa shape index (κ3) is 4.24. The van der Waals surface area contributed by atoms with Gasteiger partial charge in [0.2, 0.25) is 15.9 Å². The molecular weight excluding hydrogens is 336 g/mol. The summed E-state index contributed by atoms with van der Waals surface area (Å²) in [5.74, 6) is -1.94. The molecule has 24 heavy (non-hydrogen) atoms. The zero-order valence-electron chi connectivity index (χ0n) is 13.2. The highest BCUT2D eigenvalue weighted by molar-refractivity contribution is 7.89. The minimum Gasteiger partial charge on any atom is -0.495 e. The molecule has 0 saturated heterocycles. The lowest BCUT2D eigenvalue weighted by atomic mass is 9.81. The number of ether oxygens (including phenoxy) is 1. The fourth-order valence-corrected chi connectivity index (χ4v) is 3.39. The van der Waals surface area contributed by atoms with E-state index in [4.69, 9.17) is 15.0 Å². The second-order valence-corrected chi connectivity index (χ2v) is 7.36.